The van der Waals surface area contributed by atoms with E-state index in [9.17, 15) is 9.90 Å². The second-order valence-corrected chi connectivity index (χ2v) is 12.5. The Hall–Kier alpha value is -4.83. The summed E-state index contributed by atoms with van der Waals surface area (Å²) in [6.45, 7) is 10.2. The lowest BCUT2D eigenvalue weighted by atomic mass is 9.89. The number of aryl methyl sites for hydroxylation is 1. The summed E-state index contributed by atoms with van der Waals surface area (Å²) in [5, 5.41) is 10.3. The molecule has 5 rings (SSSR count). The fourth-order valence-corrected chi connectivity index (χ4v) is 5.49. The van der Waals surface area contributed by atoms with Gasteiger partial charge < -0.3 is 19.5 Å². The maximum atomic E-state index is 12.5. The molecule has 0 fully saturated rings. The Morgan fingerprint density at radius 3 is 2.57 bits per heavy atom. The molecule has 1 aliphatic rings. The highest BCUT2D eigenvalue weighted by Crippen LogP contribution is 2.36. The number of aliphatic hydroxyl groups excluding tert-OH is 1. The van der Waals surface area contributed by atoms with E-state index in [1.807, 2.05) is 81.0 Å². The molecular formula is C36H43N5O6. The topological polar surface area (TPSA) is 127 Å². The summed E-state index contributed by atoms with van der Waals surface area (Å²) >= 11 is 0. The van der Waals surface area contributed by atoms with Gasteiger partial charge in [0.25, 0.3) is 0 Å². The minimum Gasteiger partial charge on any atom is -0.489 e. The standard InChI is InChI=1S/C35H43N5O4.CO2/c1-25-20-36-33-37-21-29(40(33)22-25)12-13-31-30-18-28(23-41)32(43-24-26-10-7-6-8-11-26)19-27(30)14-17-39(31)16-9-15-38(5)34(42)44-35(2,3)4;2-1-3/h6-8,10-13,18-22,31,41H,9,14-17,23-24H2,1-5H3;/b13-12+;. The number of hydrogen-bond acceptors (Lipinski definition) is 9. The van der Waals surface area contributed by atoms with E-state index >= 15 is 0 Å². The molecule has 2 aromatic carbocycles. The van der Waals surface area contributed by atoms with Crippen molar-refractivity contribution in [1.29, 1.82) is 0 Å². The van der Waals surface area contributed by atoms with Crippen molar-refractivity contribution >= 4 is 24.1 Å². The van der Waals surface area contributed by atoms with Crippen molar-refractivity contribution in [2.75, 3.05) is 26.7 Å². The van der Waals surface area contributed by atoms with E-state index < -0.39 is 5.60 Å². The highest BCUT2D eigenvalue weighted by Gasteiger charge is 2.28. The quantitative estimate of drug-likeness (QED) is 0.242. The average Bonchev–Trinajstić information content (AvgIpc) is 3.44. The Morgan fingerprint density at radius 1 is 1.15 bits per heavy atom. The summed E-state index contributed by atoms with van der Waals surface area (Å²) in [6.07, 6.45) is 11.6. The second kappa shape index (κ2) is 16.1. The van der Waals surface area contributed by atoms with Crippen molar-refractivity contribution in [2.45, 2.75) is 65.4 Å². The van der Waals surface area contributed by atoms with Crippen molar-refractivity contribution in [3.63, 3.8) is 0 Å². The monoisotopic (exact) mass is 641 g/mol. The number of aliphatic hydroxyl groups is 1. The number of aromatic nitrogens is 3. The number of ether oxygens (including phenoxy) is 2. The summed E-state index contributed by atoms with van der Waals surface area (Å²) in [7, 11) is 1.78. The largest absolute Gasteiger partial charge is 0.489 e. The van der Waals surface area contributed by atoms with Gasteiger partial charge in [0, 0.05) is 44.6 Å². The summed E-state index contributed by atoms with van der Waals surface area (Å²) in [5.41, 5.74) is 5.66. The molecule has 2 aromatic heterocycles. The van der Waals surface area contributed by atoms with Crippen LogP contribution in [0.25, 0.3) is 11.9 Å². The summed E-state index contributed by atoms with van der Waals surface area (Å²) in [6, 6.07) is 14.2. The van der Waals surface area contributed by atoms with Crippen LogP contribution in [-0.4, -0.2) is 73.8 Å². The molecule has 1 atom stereocenters. The predicted molar refractivity (Wildman–Crippen MR) is 176 cm³/mol. The second-order valence-electron chi connectivity index (χ2n) is 12.5. The van der Waals surface area contributed by atoms with Crippen LogP contribution in [0.5, 0.6) is 5.75 Å². The molecule has 0 spiro atoms. The van der Waals surface area contributed by atoms with Crippen LogP contribution < -0.4 is 4.74 Å². The van der Waals surface area contributed by atoms with E-state index in [1.165, 1.54) is 5.56 Å². The van der Waals surface area contributed by atoms with Crippen LogP contribution in [0.3, 0.4) is 0 Å². The van der Waals surface area contributed by atoms with Crippen molar-refractivity contribution in [3.05, 3.63) is 101 Å². The van der Waals surface area contributed by atoms with E-state index in [2.05, 4.69) is 39.2 Å². The zero-order chi connectivity index (χ0) is 34.0. The fraction of sp³-hybridized carbons (Fsp3) is 0.389. The van der Waals surface area contributed by atoms with E-state index in [0.717, 1.165) is 53.9 Å². The SMILES string of the molecule is Cc1cnc2ncc(/C=C/C3c4cc(CO)c(OCc5ccccc5)cc4CCN3CCCN(C)C(=O)OC(C)(C)C)n2c1.O=C=O. The van der Waals surface area contributed by atoms with Crippen LogP contribution in [0, 0.1) is 6.92 Å². The van der Waals surface area contributed by atoms with Crippen molar-refractivity contribution < 1.29 is 29.0 Å². The number of carbonyl (C=O) groups is 1. The summed E-state index contributed by atoms with van der Waals surface area (Å²) in [5.74, 6) is 1.37. The molecule has 248 valence electrons. The van der Waals surface area contributed by atoms with Crippen LogP contribution in [0.15, 0.2) is 67.1 Å². The minimum atomic E-state index is -0.530. The summed E-state index contributed by atoms with van der Waals surface area (Å²) < 4.78 is 13.7. The number of hydrogen-bond donors (Lipinski definition) is 1. The minimum absolute atomic E-state index is 0.0395. The van der Waals surface area contributed by atoms with Crippen LogP contribution in [0.1, 0.15) is 66.7 Å². The molecule has 0 saturated carbocycles. The molecule has 4 aromatic rings. The Kier molecular flexibility index (Phi) is 12.0. The molecule has 0 aliphatic carbocycles. The number of nitrogens with zero attached hydrogens (tertiary/aromatic N) is 5. The molecule has 1 amide bonds. The van der Waals surface area contributed by atoms with Gasteiger partial charge in [-0.3, -0.25) is 9.30 Å². The van der Waals surface area contributed by atoms with Gasteiger partial charge in [0.15, 0.2) is 0 Å². The number of carbonyl (C=O) groups excluding carboxylic acids is 3. The Bertz CT molecular complexity index is 1710. The lowest BCUT2D eigenvalue weighted by Gasteiger charge is -2.37. The Balaban J connectivity index is 0.00000160. The zero-order valence-corrected chi connectivity index (χ0v) is 27.7. The van der Waals surface area contributed by atoms with Gasteiger partial charge in [-0.25, -0.2) is 14.8 Å². The third kappa shape index (κ3) is 9.59. The molecular weight excluding hydrogens is 598 g/mol. The van der Waals surface area contributed by atoms with Gasteiger partial charge in [0.05, 0.1) is 24.5 Å². The molecule has 11 nitrogen and oxygen atoms in total. The van der Waals surface area contributed by atoms with Gasteiger partial charge in [0.1, 0.15) is 18.0 Å². The molecule has 0 radical (unpaired) electrons. The van der Waals surface area contributed by atoms with Gasteiger partial charge in [-0.1, -0.05) is 36.4 Å². The van der Waals surface area contributed by atoms with Gasteiger partial charge >= 0.3 is 12.2 Å². The number of amides is 1. The number of imidazole rings is 1. The maximum absolute atomic E-state index is 12.5. The van der Waals surface area contributed by atoms with Crippen LogP contribution in [0.4, 0.5) is 4.79 Å². The maximum Gasteiger partial charge on any atom is 0.410 e. The lowest BCUT2D eigenvalue weighted by molar-refractivity contribution is -0.191. The number of benzene rings is 2. The Labute approximate surface area is 275 Å². The van der Waals surface area contributed by atoms with Crippen molar-refractivity contribution in [3.8, 4) is 5.75 Å². The predicted octanol–water partition coefficient (Wildman–Crippen LogP) is 5.40. The third-order valence-corrected chi connectivity index (χ3v) is 7.73. The smallest absolute Gasteiger partial charge is 0.410 e. The first kappa shape index (κ1) is 35.0. The first-order valence-electron chi connectivity index (χ1n) is 15.6. The van der Waals surface area contributed by atoms with E-state index in [-0.39, 0.29) is 24.9 Å². The van der Waals surface area contributed by atoms with Crippen LogP contribution in [0.2, 0.25) is 0 Å². The molecule has 1 N–H and O–H groups in total. The third-order valence-electron chi connectivity index (χ3n) is 7.73. The molecule has 11 heteroatoms. The van der Waals surface area contributed by atoms with Gasteiger partial charge in [-0.15, -0.1) is 0 Å². The molecule has 0 saturated heterocycles. The summed E-state index contributed by atoms with van der Waals surface area (Å²) in [4.78, 5) is 41.7. The fourth-order valence-electron chi connectivity index (χ4n) is 5.49. The van der Waals surface area contributed by atoms with Gasteiger partial charge in [0.2, 0.25) is 5.78 Å². The number of rotatable bonds is 10. The highest BCUT2D eigenvalue weighted by molar-refractivity contribution is 5.67. The normalized spacial score (nSPS) is 14.6. The van der Waals surface area contributed by atoms with Gasteiger partial charge in [-0.2, -0.15) is 9.59 Å². The molecule has 3 heterocycles. The first-order chi connectivity index (χ1) is 22.5. The van der Waals surface area contributed by atoms with Crippen molar-refractivity contribution in [1.82, 2.24) is 24.2 Å². The van der Waals surface area contributed by atoms with E-state index in [0.29, 0.717) is 24.7 Å². The first-order valence-corrected chi connectivity index (χ1v) is 15.6. The van der Waals surface area contributed by atoms with Crippen molar-refractivity contribution in [2.24, 2.45) is 0 Å². The number of fused-ring (bicyclic) bond motifs is 2. The molecule has 1 aliphatic heterocycles. The zero-order valence-electron chi connectivity index (χ0n) is 27.7. The van der Waals surface area contributed by atoms with Gasteiger partial charge in [-0.05, 0) is 81.0 Å². The van der Waals surface area contributed by atoms with E-state index in [4.69, 9.17) is 19.1 Å². The lowest BCUT2D eigenvalue weighted by Crippen LogP contribution is -2.38. The van der Waals surface area contributed by atoms with Crippen LogP contribution in [-0.2, 0) is 34.0 Å². The Morgan fingerprint density at radius 2 is 1.87 bits per heavy atom. The molecule has 1 unspecified atom stereocenters. The molecule has 0 bridgehead atoms. The van der Waals surface area contributed by atoms with E-state index in [1.54, 1.807) is 11.9 Å². The highest BCUT2D eigenvalue weighted by atomic mass is 16.6. The molecule has 47 heavy (non-hydrogen) atoms. The average molecular weight is 642 g/mol. The van der Waals surface area contributed by atoms with Crippen LogP contribution >= 0.6 is 0 Å².